The van der Waals surface area contributed by atoms with Crippen molar-refractivity contribution in [2.75, 3.05) is 33.2 Å². The van der Waals surface area contributed by atoms with Gasteiger partial charge in [0.1, 0.15) is 0 Å². The summed E-state index contributed by atoms with van der Waals surface area (Å²) in [5.74, 6) is 0.769. The van der Waals surface area contributed by atoms with E-state index in [1.807, 2.05) is 0 Å². The van der Waals surface area contributed by atoms with Gasteiger partial charge in [0.2, 0.25) is 0 Å². The molecule has 0 aromatic carbocycles. The Morgan fingerprint density at radius 2 is 2.19 bits per heavy atom. The molecular weight excluding hydrogens is 206 g/mol. The number of piperazine rings is 1. The molecule has 2 heterocycles. The van der Waals surface area contributed by atoms with Crippen molar-refractivity contribution in [3.63, 3.8) is 0 Å². The summed E-state index contributed by atoms with van der Waals surface area (Å²) in [5.41, 5.74) is 5.78. The fourth-order valence-electron chi connectivity index (χ4n) is 2.05. The molecule has 1 aliphatic rings. The van der Waals surface area contributed by atoms with E-state index < -0.39 is 0 Å². The van der Waals surface area contributed by atoms with Crippen LogP contribution in [-0.2, 0) is 13.6 Å². The predicted octanol–water partition coefficient (Wildman–Crippen LogP) is -1.72. The largest absolute Gasteiger partial charge is 0.329 e. The average Bonchev–Trinajstić information content (AvgIpc) is 2.67. The van der Waals surface area contributed by atoms with Gasteiger partial charge in [-0.3, -0.25) is 4.90 Å². The molecule has 1 unspecified atom stereocenters. The van der Waals surface area contributed by atoms with Crippen molar-refractivity contribution < 1.29 is 0 Å². The lowest BCUT2D eigenvalue weighted by atomic mass is 10.1. The molecule has 0 saturated carbocycles. The molecular formula is C9H19N7. The maximum Gasteiger partial charge on any atom is 0.188 e. The molecule has 1 fully saturated rings. The van der Waals surface area contributed by atoms with Crippen molar-refractivity contribution in [1.29, 1.82) is 0 Å². The Balaban J connectivity index is 1.97. The van der Waals surface area contributed by atoms with Crippen molar-refractivity contribution in [2.45, 2.75) is 12.6 Å². The number of aromatic nitrogens is 4. The van der Waals surface area contributed by atoms with Crippen LogP contribution in [0.15, 0.2) is 0 Å². The minimum Gasteiger partial charge on any atom is -0.329 e. The molecule has 0 amide bonds. The van der Waals surface area contributed by atoms with E-state index in [1.165, 1.54) is 4.80 Å². The van der Waals surface area contributed by atoms with Gasteiger partial charge in [0.25, 0.3) is 0 Å². The second-order valence-corrected chi connectivity index (χ2v) is 4.32. The minimum absolute atomic E-state index is 0.391. The zero-order valence-corrected chi connectivity index (χ0v) is 9.87. The Labute approximate surface area is 95.2 Å². The maximum atomic E-state index is 5.78. The van der Waals surface area contributed by atoms with Crippen molar-refractivity contribution in [3.05, 3.63) is 5.82 Å². The van der Waals surface area contributed by atoms with Gasteiger partial charge in [-0.25, -0.2) is 0 Å². The second-order valence-electron chi connectivity index (χ2n) is 4.32. The van der Waals surface area contributed by atoms with Gasteiger partial charge in [0, 0.05) is 32.2 Å². The Hall–Kier alpha value is -1.05. The molecule has 2 N–H and O–H groups in total. The van der Waals surface area contributed by atoms with Gasteiger partial charge in [-0.05, 0) is 12.3 Å². The predicted molar refractivity (Wildman–Crippen MR) is 59.5 cm³/mol. The Morgan fingerprint density at radius 1 is 1.38 bits per heavy atom. The highest BCUT2D eigenvalue weighted by Crippen LogP contribution is 2.09. The molecule has 90 valence electrons. The van der Waals surface area contributed by atoms with Gasteiger partial charge >= 0.3 is 0 Å². The molecule has 7 heteroatoms. The molecule has 1 aromatic heterocycles. The molecule has 1 aromatic rings. The SMILES string of the molecule is CN1CCN(Cc2nnn(C)n2)C(CN)C1. The molecule has 1 aliphatic heterocycles. The van der Waals surface area contributed by atoms with E-state index in [1.54, 1.807) is 7.05 Å². The Kier molecular flexibility index (Phi) is 3.47. The zero-order chi connectivity index (χ0) is 11.5. The van der Waals surface area contributed by atoms with Gasteiger partial charge in [-0.2, -0.15) is 4.80 Å². The van der Waals surface area contributed by atoms with E-state index in [2.05, 4.69) is 32.3 Å². The number of tetrazole rings is 1. The highest BCUT2D eigenvalue weighted by Gasteiger charge is 2.24. The number of hydrogen-bond acceptors (Lipinski definition) is 6. The minimum atomic E-state index is 0.391. The first kappa shape index (κ1) is 11.4. The highest BCUT2D eigenvalue weighted by molar-refractivity contribution is 4.86. The fourth-order valence-corrected chi connectivity index (χ4v) is 2.05. The van der Waals surface area contributed by atoms with Crippen molar-refractivity contribution >= 4 is 0 Å². The van der Waals surface area contributed by atoms with Gasteiger partial charge in [-0.1, -0.05) is 0 Å². The fraction of sp³-hybridized carbons (Fsp3) is 0.889. The van der Waals surface area contributed by atoms with Gasteiger partial charge < -0.3 is 10.6 Å². The topological polar surface area (TPSA) is 76.1 Å². The maximum absolute atomic E-state index is 5.78. The van der Waals surface area contributed by atoms with Crippen molar-refractivity contribution in [2.24, 2.45) is 12.8 Å². The van der Waals surface area contributed by atoms with E-state index in [9.17, 15) is 0 Å². The summed E-state index contributed by atoms with van der Waals surface area (Å²) in [6.45, 7) is 4.50. The molecule has 0 aliphatic carbocycles. The summed E-state index contributed by atoms with van der Waals surface area (Å²) in [7, 11) is 3.90. The first-order chi connectivity index (χ1) is 7.69. The summed E-state index contributed by atoms with van der Waals surface area (Å²) < 4.78 is 0. The van der Waals surface area contributed by atoms with Gasteiger partial charge in [0.05, 0.1) is 13.6 Å². The molecule has 2 rings (SSSR count). The third-order valence-electron chi connectivity index (χ3n) is 2.97. The van der Waals surface area contributed by atoms with E-state index in [0.29, 0.717) is 12.6 Å². The first-order valence-electron chi connectivity index (χ1n) is 5.54. The van der Waals surface area contributed by atoms with E-state index in [4.69, 9.17) is 5.73 Å². The monoisotopic (exact) mass is 225 g/mol. The molecule has 16 heavy (non-hydrogen) atoms. The Bertz CT molecular complexity index is 336. The van der Waals surface area contributed by atoms with Crippen LogP contribution in [0.1, 0.15) is 5.82 Å². The molecule has 0 spiro atoms. The van der Waals surface area contributed by atoms with Crippen molar-refractivity contribution in [1.82, 2.24) is 30.0 Å². The quantitative estimate of drug-likeness (QED) is 0.660. The van der Waals surface area contributed by atoms with Crippen molar-refractivity contribution in [3.8, 4) is 0 Å². The number of aryl methyl sites for hydroxylation is 1. The summed E-state index contributed by atoms with van der Waals surface area (Å²) in [4.78, 5) is 6.12. The lowest BCUT2D eigenvalue weighted by Gasteiger charge is -2.38. The third-order valence-corrected chi connectivity index (χ3v) is 2.97. The van der Waals surface area contributed by atoms with E-state index in [-0.39, 0.29) is 0 Å². The number of likely N-dealkylation sites (N-methyl/N-ethyl adjacent to an activating group) is 1. The summed E-state index contributed by atoms with van der Waals surface area (Å²) in [5, 5.41) is 12.0. The zero-order valence-electron chi connectivity index (χ0n) is 9.87. The van der Waals surface area contributed by atoms with Crippen LogP contribution < -0.4 is 5.73 Å². The van der Waals surface area contributed by atoms with E-state index >= 15 is 0 Å². The first-order valence-corrected chi connectivity index (χ1v) is 5.54. The summed E-state index contributed by atoms with van der Waals surface area (Å²) in [6.07, 6.45) is 0. The van der Waals surface area contributed by atoms with Crippen LogP contribution in [0.4, 0.5) is 0 Å². The number of hydrogen-bond donors (Lipinski definition) is 1. The molecule has 0 radical (unpaired) electrons. The van der Waals surface area contributed by atoms with E-state index in [0.717, 1.165) is 32.0 Å². The number of nitrogens with two attached hydrogens (primary N) is 1. The lowest BCUT2D eigenvalue weighted by Crippen LogP contribution is -2.54. The van der Waals surface area contributed by atoms with Gasteiger partial charge in [-0.15, -0.1) is 10.2 Å². The van der Waals surface area contributed by atoms with Crippen LogP contribution in [0, 0.1) is 0 Å². The van der Waals surface area contributed by atoms with Crippen LogP contribution >= 0.6 is 0 Å². The summed E-state index contributed by atoms with van der Waals surface area (Å²) >= 11 is 0. The van der Waals surface area contributed by atoms with Crippen LogP contribution in [-0.4, -0.2) is 69.3 Å². The number of nitrogens with zero attached hydrogens (tertiary/aromatic N) is 6. The van der Waals surface area contributed by atoms with Gasteiger partial charge in [0.15, 0.2) is 5.82 Å². The second kappa shape index (κ2) is 4.86. The molecule has 7 nitrogen and oxygen atoms in total. The smallest absolute Gasteiger partial charge is 0.188 e. The van der Waals surface area contributed by atoms with Crippen LogP contribution in [0.5, 0.6) is 0 Å². The molecule has 1 atom stereocenters. The number of rotatable bonds is 3. The lowest BCUT2D eigenvalue weighted by molar-refractivity contribution is 0.0857. The Morgan fingerprint density at radius 3 is 2.81 bits per heavy atom. The van der Waals surface area contributed by atoms with Crippen LogP contribution in [0.3, 0.4) is 0 Å². The summed E-state index contributed by atoms with van der Waals surface area (Å²) in [6, 6.07) is 0.391. The highest BCUT2D eigenvalue weighted by atomic mass is 15.6. The van der Waals surface area contributed by atoms with Crippen LogP contribution in [0.25, 0.3) is 0 Å². The molecule has 0 bridgehead atoms. The van der Waals surface area contributed by atoms with Crippen LogP contribution in [0.2, 0.25) is 0 Å². The third kappa shape index (κ3) is 2.55. The molecule has 1 saturated heterocycles. The normalized spacial score (nSPS) is 23.8. The average molecular weight is 225 g/mol. The standard InChI is InChI=1S/C9H19N7/c1-14-3-4-16(8(5-10)6-14)7-9-11-13-15(2)12-9/h8H,3-7,10H2,1-2H3.